The van der Waals surface area contributed by atoms with Crippen LogP contribution in [0.2, 0.25) is 5.02 Å². The summed E-state index contributed by atoms with van der Waals surface area (Å²) < 4.78 is 26.9. The molecular formula is C18H15ClF2N2O2. The highest BCUT2D eigenvalue weighted by Crippen LogP contribution is 2.28. The molecule has 1 atom stereocenters. The Morgan fingerprint density at radius 3 is 2.60 bits per heavy atom. The minimum absolute atomic E-state index is 0.0106. The van der Waals surface area contributed by atoms with E-state index in [1.54, 1.807) is 24.3 Å². The van der Waals surface area contributed by atoms with Crippen molar-refractivity contribution in [3.8, 4) is 0 Å². The standard InChI is InChI=1S/C18H15ClF2N2O2/c19-13-3-1-11(2-4-13)9-22-18(25)12-7-17(24)23(10-12)16-6-5-14(20)8-15(16)21/h1-6,8,12H,7,9-10H2,(H,22,25). The molecular weight excluding hydrogens is 350 g/mol. The summed E-state index contributed by atoms with van der Waals surface area (Å²) in [5.74, 6) is -2.77. The maximum Gasteiger partial charge on any atom is 0.227 e. The number of halogens is 3. The fourth-order valence-corrected chi connectivity index (χ4v) is 2.88. The average Bonchev–Trinajstić information content (AvgIpc) is 2.96. The van der Waals surface area contributed by atoms with Gasteiger partial charge in [-0.05, 0) is 29.8 Å². The first kappa shape index (κ1) is 17.4. The van der Waals surface area contributed by atoms with Crippen LogP contribution in [0.15, 0.2) is 42.5 Å². The van der Waals surface area contributed by atoms with Crippen molar-refractivity contribution in [2.24, 2.45) is 5.92 Å². The minimum atomic E-state index is -0.824. The number of benzene rings is 2. The van der Waals surface area contributed by atoms with Crippen molar-refractivity contribution in [3.05, 3.63) is 64.7 Å². The Hall–Kier alpha value is -2.47. The second-order valence-electron chi connectivity index (χ2n) is 5.85. The number of nitrogens with zero attached hydrogens (tertiary/aromatic N) is 1. The number of hydrogen-bond donors (Lipinski definition) is 1. The number of amides is 2. The summed E-state index contributed by atoms with van der Waals surface area (Å²) in [5, 5.41) is 3.37. The van der Waals surface area contributed by atoms with Crippen LogP contribution in [0.4, 0.5) is 14.5 Å². The predicted molar refractivity (Wildman–Crippen MR) is 90.1 cm³/mol. The Balaban J connectivity index is 1.63. The van der Waals surface area contributed by atoms with E-state index in [2.05, 4.69) is 5.32 Å². The van der Waals surface area contributed by atoms with E-state index in [1.165, 1.54) is 11.0 Å². The van der Waals surface area contributed by atoms with Gasteiger partial charge in [0.15, 0.2) is 0 Å². The smallest absolute Gasteiger partial charge is 0.227 e. The zero-order valence-electron chi connectivity index (χ0n) is 13.1. The average molecular weight is 365 g/mol. The van der Waals surface area contributed by atoms with Gasteiger partial charge in [-0.2, -0.15) is 0 Å². The largest absolute Gasteiger partial charge is 0.352 e. The lowest BCUT2D eigenvalue weighted by atomic mass is 10.1. The Bertz CT molecular complexity index is 811. The molecule has 0 aromatic heterocycles. The van der Waals surface area contributed by atoms with Crippen molar-refractivity contribution in [2.75, 3.05) is 11.4 Å². The molecule has 1 unspecified atom stereocenters. The van der Waals surface area contributed by atoms with Crippen molar-refractivity contribution in [1.82, 2.24) is 5.32 Å². The lowest BCUT2D eigenvalue weighted by molar-refractivity contribution is -0.126. The monoisotopic (exact) mass is 364 g/mol. The highest BCUT2D eigenvalue weighted by molar-refractivity contribution is 6.30. The van der Waals surface area contributed by atoms with E-state index in [9.17, 15) is 18.4 Å². The number of carbonyl (C=O) groups is 2. The molecule has 1 aliphatic rings. The van der Waals surface area contributed by atoms with E-state index in [0.29, 0.717) is 11.6 Å². The molecule has 2 amide bonds. The summed E-state index contributed by atoms with van der Waals surface area (Å²) in [7, 11) is 0. The van der Waals surface area contributed by atoms with Gasteiger partial charge in [0.05, 0.1) is 11.6 Å². The van der Waals surface area contributed by atoms with Crippen LogP contribution >= 0.6 is 11.6 Å². The molecule has 1 N–H and O–H groups in total. The lowest BCUT2D eigenvalue weighted by Gasteiger charge is -2.17. The third kappa shape index (κ3) is 3.96. The summed E-state index contributed by atoms with van der Waals surface area (Å²) >= 11 is 5.81. The third-order valence-electron chi connectivity index (χ3n) is 4.08. The van der Waals surface area contributed by atoms with Crippen molar-refractivity contribution in [2.45, 2.75) is 13.0 Å². The molecule has 1 saturated heterocycles. The first-order valence-corrected chi connectivity index (χ1v) is 8.09. The molecule has 2 aromatic carbocycles. The molecule has 0 saturated carbocycles. The van der Waals surface area contributed by atoms with Gasteiger partial charge in [0, 0.05) is 30.6 Å². The van der Waals surface area contributed by atoms with Gasteiger partial charge in [0.25, 0.3) is 0 Å². The SMILES string of the molecule is O=C(NCc1ccc(Cl)cc1)C1CC(=O)N(c2ccc(F)cc2F)C1. The Kier molecular flexibility index (Phi) is 4.99. The van der Waals surface area contributed by atoms with E-state index < -0.39 is 17.6 Å². The van der Waals surface area contributed by atoms with Gasteiger partial charge in [-0.3, -0.25) is 9.59 Å². The fraction of sp³-hybridized carbons (Fsp3) is 0.222. The van der Waals surface area contributed by atoms with Gasteiger partial charge < -0.3 is 10.2 Å². The summed E-state index contributed by atoms with van der Waals surface area (Å²) in [6, 6.07) is 10.0. The summed E-state index contributed by atoms with van der Waals surface area (Å²) in [6.45, 7) is 0.374. The number of carbonyl (C=O) groups excluding carboxylic acids is 2. The van der Waals surface area contributed by atoms with Gasteiger partial charge in [0.2, 0.25) is 11.8 Å². The van der Waals surface area contributed by atoms with Gasteiger partial charge in [-0.15, -0.1) is 0 Å². The summed E-state index contributed by atoms with van der Waals surface area (Å²) in [4.78, 5) is 25.6. The summed E-state index contributed by atoms with van der Waals surface area (Å²) in [6.07, 6.45) is -0.0106. The molecule has 0 radical (unpaired) electrons. The van der Waals surface area contributed by atoms with E-state index >= 15 is 0 Å². The summed E-state index contributed by atoms with van der Waals surface area (Å²) in [5.41, 5.74) is 0.864. The molecule has 2 aromatic rings. The normalized spacial score (nSPS) is 17.0. The highest BCUT2D eigenvalue weighted by Gasteiger charge is 2.36. The fourth-order valence-electron chi connectivity index (χ4n) is 2.75. The van der Waals surface area contributed by atoms with Crippen LogP contribution in [0, 0.1) is 17.6 Å². The van der Waals surface area contributed by atoms with Crippen LogP contribution < -0.4 is 10.2 Å². The minimum Gasteiger partial charge on any atom is -0.352 e. The second kappa shape index (κ2) is 7.19. The maximum absolute atomic E-state index is 13.9. The Morgan fingerprint density at radius 2 is 1.92 bits per heavy atom. The lowest BCUT2D eigenvalue weighted by Crippen LogP contribution is -2.32. The quantitative estimate of drug-likeness (QED) is 0.905. The molecule has 7 heteroatoms. The maximum atomic E-state index is 13.9. The molecule has 1 aliphatic heterocycles. The van der Waals surface area contributed by atoms with Crippen LogP contribution in [0.25, 0.3) is 0 Å². The molecule has 1 fully saturated rings. The first-order valence-electron chi connectivity index (χ1n) is 7.71. The van der Waals surface area contributed by atoms with Crippen molar-refractivity contribution in [1.29, 1.82) is 0 Å². The first-order chi connectivity index (χ1) is 11.9. The topological polar surface area (TPSA) is 49.4 Å². The van der Waals surface area contributed by atoms with Crippen LogP contribution in [-0.2, 0) is 16.1 Å². The van der Waals surface area contributed by atoms with Gasteiger partial charge in [0.1, 0.15) is 11.6 Å². The van der Waals surface area contributed by atoms with E-state index in [-0.39, 0.29) is 30.5 Å². The molecule has 0 spiro atoms. The van der Waals surface area contributed by atoms with Gasteiger partial charge in [-0.1, -0.05) is 23.7 Å². The van der Waals surface area contributed by atoms with Crippen molar-refractivity contribution >= 4 is 29.1 Å². The molecule has 0 aliphatic carbocycles. The zero-order chi connectivity index (χ0) is 18.0. The Morgan fingerprint density at radius 1 is 1.20 bits per heavy atom. The van der Waals surface area contributed by atoms with Crippen LogP contribution in [-0.4, -0.2) is 18.4 Å². The van der Waals surface area contributed by atoms with Gasteiger partial charge >= 0.3 is 0 Å². The number of rotatable bonds is 4. The zero-order valence-corrected chi connectivity index (χ0v) is 13.9. The van der Waals surface area contributed by atoms with Crippen LogP contribution in [0.5, 0.6) is 0 Å². The number of anilines is 1. The van der Waals surface area contributed by atoms with Crippen molar-refractivity contribution < 1.29 is 18.4 Å². The number of nitrogens with one attached hydrogen (secondary N) is 1. The van der Waals surface area contributed by atoms with E-state index in [4.69, 9.17) is 11.6 Å². The van der Waals surface area contributed by atoms with E-state index in [0.717, 1.165) is 17.7 Å². The second-order valence-corrected chi connectivity index (χ2v) is 6.28. The predicted octanol–water partition coefficient (Wildman–Crippen LogP) is 3.29. The Labute approximate surface area is 148 Å². The van der Waals surface area contributed by atoms with E-state index in [1.807, 2.05) is 0 Å². The van der Waals surface area contributed by atoms with Crippen LogP contribution in [0.1, 0.15) is 12.0 Å². The molecule has 3 rings (SSSR count). The molecule has 25 heavy (non-hydrogen) atoms. The van der Waals surface area contributed by atoms with Crippen LogP contribution in [0.3, 0.4) is 0 Å². The molecule has 0 bridgehead atoms. The molecule has 130 valence electrons. The highest BCUT2D eigenvalue weighted by atomic mass is 35.5. The van der Waals surface area contributed by atoms with Crippen molar-refractivity contribution in [3.63, 3.8) is 0 Å². The number of hydrogen-bond acceptors (Lipinski definition) is 2. The van der Waals surface area contributed by atoms with Gasteiger partial charge in [-0.25, -0.2) is 8.78 Å². The third-order valence-corrected chi connectivity index (χ3v) is 4.33. The molecule has 4 nitrogen and oxygen atoms in total. The molecule has 1 heterocycles.